The summed E-state index contributed by atoms with van der Waals surface area (Å²) in [7, 11) is 1.59. The first kappa shape index (κ1) is 19.3. The highest BCUT2D eigenvalue weighted by molar-refractivity contribution is 6.26. The van der Waals surface area contributed by atoms with Crippen LogP contribution < -0.4 is 5.73 Å². The molecule has 0 saturated carbocycles. The molecule has 9 heteroatoms. The molecule has 0 bridgehead atoms. The number of rotatable bonds is 5. The van der Waals surface area contributed by atoms with Gasteiger partial charge in [0.15, 0.2) is 0 Å². The standard InChI is InChI=1S/C18H28N6O3/c1-12(2)7-10-23-14-15(20-17(23)22-8-5-4-6-9-22)21(3)18(27)24(16(14)26)11-13(19)25/h12,14H,4-11H2,1-3H3,(H-,19,25)/p+1. The Balaban J connectivity index is 1.99. The van der Waals surface area contributed by atoms with Gasteiger partial charge in [0.05, 0.1) is 19.6 Å². The second-order valence-electron chi connectivity index (χ2n) is 7.83. The number of fused-ring (bicyclic) bond motifs is 1. The third-order valence-electron chi connectivity index (χ3n) is 5.29. The number of amidine groups is 1. The Labute approximate surface area is 159 Å². The summed E-state index contributed by atoms with van der Waals surface area (Å²) in [6, 6.07) is -1.24. The van der Waals surface area contributed by atoms with E-state index in [1.165, 1.54) is 11.3 Å². The summed E-state index contributed by atoms with van der Waals surface area (Å²) in [5, 5.41) is 0. The number of urea groups is 1. The van der Waals surface area contributed by atoms with Crippen LogP contribution in [-0.2, 0) is 9.59 Å². The summed E-state index contributed by atoms with van der Waals surface area (Å²) in [5.74, 6) is 0.541. The van der Waals surface area contributed by atoms with Crippen molar-refractivity contribution in [2.75, 3.05) is 33.2 Å². The summed E-state index contributed by atoms with van der Waals surface area (Å²) < 4.78 is 2.21. The number of imide groups is 1. The molecule has 148 valence electrons. The van der Waals surface area contributed by atoms with E-state index in [1.807, 2.05) is 4.90 Å². The number of hydrogen-bond donors (Lipinski definition) is 1. The molecule has 0 aromatic heterocycles. The van der Waals surface area contributed by atoms with Crippen molar-refractivity contribution in [3.8, 4) is 0 Å². The molecule has 2 saturated heterocycles. The highest BCUT2D eigenvalue weighted by Crippen LogP contribution is 2.25. The Hall–Kier alpha value is -2.45. The van der Waals surface area contributed by atoms with Crippen molar-refractivity contribution in [2.24, 2.45) is 16.6 Å². The summed E-state index contributed by atoms with van der Waals surface area (Å²) in [6.45, 7) is 6.32. The lowest BCUT2D eigenvalue weighted by molar-refractivity contribution is -0.542. The normalized spacial score (nSPS) is 23.3. The van der Waals surface area contributed by atoms with Crippen LogP contribution in [0.5, 0.6) is 0 Å². The smallest absolute Gasteiger partial charge is 0.368 e. The Morgan fingerprint density at radius 3 is 2.52 bits per heavy atom. The van der Waals surface area contributed by atoms with Gasteiger partial charge in [0.25, 0.3) is 5.91 Å². The number of carbonyl (C=O) groups excluding carboxylic acids is 3. The molecule has 3 aliphatic heterocycles. The largest absolute Gasteiger partial charge is 0.392 e. The molecule has 3 rings (SSSR count). The molecule has 2 fully saturated rings. The maximum Gasteiger partial charge on any atom is 0.392 e. The summed E-state index contributed by atoms with van der Waals surface area (Å²) in [4.78, 5) is 46.1. The van der Waals surface area contributed by atoms with E-state index < -0.39 is 30.4 Å². The van der Waals surface area contributed by atoms with Gasteiger partial charge in [0, 0.05) is 7.05 Å². The van der Waals surface area contributed by atoms with Crippen molar-refractivity contribution in [2.45, 2.75) is 45.6 Å². The molecule has 3 heterocycles. The van der Waals surface area contributed by atoms with Crippen LogP contribution in [0, 0.1) is 5.92 Å². The van der Waals surface area contributed by atoms with Crippen LogP contribution in [0.15, 0.2) is 4.99 Å². The van der Waals surface area contributed by atoms with Gasteiger partial charge in [-0.2, -0.15) is 0 Å². The van der Waals surface area contributed by atoms with E-state index in [9.17, 15) is 14.4 Å². The third-order valence-corrected chi connectivity index (χ3v) is 5.29. The fraction of sp³-hybridized carbons (Fsp3) is 0.722. The molecule has 0 spiro atoms. The van der Waals surface area contributed by atoms with Gasteiger partial charge < -0.3 is 5.73 Å². The van der Waals surface area contributed by atoms with Crippen molar-refractivity contribution in [1.29, 1.82) is 0 Å². The number of primary amides is 1. The van der Waals surface area contributed by atoms with E-state index in [2.05, 4.69) is 18.4 Å². The molecular weight excluding hydrogens is 348 g/mol. The number of guanidine groups is 1. The Kier molecular flexibility index (Phi) is 5.48. The van der Waals surface area contributed by atoms with Crippen molar-refractivity contribution < 1.29 is 19.0 Å². The first-order valence-corrected chi connectivity index (χ1v) is 9.65. The minimum Gasteiger partial charge on any atom is -0.368 e. The van der Waals surface area contributed by atoms with Crippen LogP contribution in [0.3, 0.4) is 0 Å². The number of hydrogen-bond acceptors (Lipinski definition) is 3. The third kappa shape index (κ3) is 3.68. The average Bonchev–Trinajstić information content (AvgIpc) is 3.02. The van der Waals surface area contributed by atoms with Gasteiger partial charge in [0.2, 0.25) is 17.8 Å². The Bertz CT molecular complexity index is 706. The van der Waals surface area contributed by atoms with Crippen LogP contribution >= 0.6 is 0 Å². The molecule has 3 aliphatic rings. The Morgan fingerprint density at radius 1 is 1.26 bits per heavy atom. The maximum atomic E-state index is 13.1. The highest BCUT2D eigenvalue weighted by atomic mass is 16.2. The molecular formula is C18H29N6O3+. The predicted molar refractivity (Wildman–Crippen MR) is 100 cm³/mol. The maximum absolute atomic E-state index is 13.1. The van der Waals surface area contributed by atoms with E-state index in [0.717, 1.165) is 43.2 Å². The second-order valence-corrected chi connectivity index (χ2v) is 7.83. The van der Waals surface area contributed by atoms with Gasteiger partial charge in [-0.25, -0.2) is 9.69 Å². The lowest BCUT2D eigenvalue weighted by Gasteiger charge is -2.34. The number of likely N-dealkylation sites (N-methyl/N-ethyl adjacent to an activating group) is 1. The average molecular weight is 377 g/mol. The number of amides is 4. The fourth-order valence-electron chi connectivity index (χ4n) is 3.78. The van der Waals surface area contributed by atoms with Crippen molar-refractivity contribution in [3.05, 3.63) is 0 Å². The topological polar surface area (TPSA) is 102 Å². The number of carbonyl (C=O) groups is 3. The zero-order chi connectivity index (χ0) is 19.7. The van der Waals surface area contributed by atoms with E-state index in [4.69, 9.17) is 10.7 Å². The lowest BCUT2D eigenvalue weighted by Crippen LogP contribution is -2.65. The monoisotopic (exact) mass is 377 g/mol. The van der Waals surface area contributed by atoms with E-state index >= 15 is 0 Å². The predicted octanol–water partition coefficient (Wildman–Crippen LogP) is 0.0469. The zero-order valence-corrected chi connectivity index (χ0v) is 16.3. The molecule has 1 atom stereocenters. The van der Waals surface area contributed by atoms with E-state index in [-0.39, 0.29) is 0 Å². The van der Waals surface area contributed by atoms with Gasteiger partial charge in [0.1, 0.15) is 6.54 Å². The first-order chi connectivity index (χ1) is 12.8. The minimum atomic E-state index is -0.711. The molecule has 2 N–H and O–H groups in total. The fourth-order valence-corrected chi connectivity index (χ4v) is 3.78. The van der Waals surface area contributed by atoms with Crippen LogP contribution in [-0.4, -0.2) is 88.2 Å². The van der Waals surface area contributed by atoms with Gasteiger partial charge in [-0.1, -0.05) is 18.8 Å². The van der Waals surface area contributed by atoms with Crippen LogP contribution in [0.2, 0.25) is 0 Å². The number of nitrogens with zero attached hydrogens (tertiary/aromatic N) is 5. The molecule has 0 aromatic rings. The van der Waals surface area contributed by atoms with Crippen molar-refractivity contribution in [3.63, 3.8) is 0 Å². The SMILES string of the molecule is CC(C)CCN1C(=[N+]2CCCCC2)N=C2C1C(=O)N(CC(N)=O)C(=O)N2C. The summed E-state index contributed by atoms with van der Waals surface area (Å²) >= 11 is 0. The molecule has 1 unspecified atom stereocenters. The van der Waals surface area contributed by atoms with Crippen molar-refractivity contribution in [1.82, 2.24) is 14.7 Å². The van der Waals surface area contributed by atoms with E-state index in [1.54, 1.807) is 7.05 Å². The van der Waals surface area contributed by atoms with Crippen LogP contribution in [0.1, 0.15) is 39.5 Å². The molecule has 0 aromatic carbocycles. The van der Waals surface area contributed by atoms with Gasteiger partial charge >= 0.3 is 12.0 Å². The number of nitrogens with two attached hydrogens (primary N) is 1. The highest BCUT2D eigenvalue weighted by Gasteiger charge is 2.56. The van der Waals surface area contributed by atoms with Crippen LogP contribution in [0.25, 0.3) is 0 Å². The van der Waals surface area contributed by atoms with Gasteiger partial charge in [-0.3, -0.25) is 24.0 Å². The van der Waals surface area contributed by atoms with Gasteiger partial charge in [-0.05, 0) is 31.6 Å². The van der Waals surface area contributed by atoms with E-state index in [0.29, 0.717) is 18.3 Å². The Morgan fingerprint density at radius 2 is 1.93 bits per heavy atom. The number of aliphatic imine (C=N–C) groups is 1. The molecule has 27 heavy (non-hydrogen) atoms. The molecule has 0 aliphatic carbocycles. The van der Waals surface area contributed by atoms with Crippen molar-refractivity contribution >= 4 is 29.6 Å². The molecule has 9 nitrogen and oxygen atoms in total. The van der Waals surface area contributed by atoms with Crippen LogP contribution in [0.4, 0.5) is 4.79 Å². The lowest BCUT2D eigenvalue weighted by atomic mass is 10.1. The molecule has 0 radical (unpaired) electrons. The second kappa shape index (κ2) is 7.66. The number of piperidine rings is 1. The zero-order valence-electron chi connectivity index (χ0n) is 16.3. The minimum absolute atomic E-state index is 0.414. The molecule has 4 amide bonds. The summed E-state index contributed by atoms with van der Waals surface area (Å²) in [5.41, 5.74) is 5.25. The first-order valence-electron chi connectivity index (χ1n) is 9.65. The quantitative estimate of drug-likeness (QED) is 0.684. The van der Waals surface area contributed by atoms with Gasteiger partial charge in [-0.15, -0.1) is 0 Å². The summed E-state index contributed by atoms with van der Waals surface area (Å²) in [6.07, 6.45) is 4.28.